The average Bonchev–Trinajstić information content (AvgIpc) is 3.32. The summed E-state index contributed by atoms with van der Waals surface area (Å²) in [5.41, 5.74) is 1.69. The van der Waals surface area contributed by atoms with Crippen LogP contribution in [-0.4, -0.2) is 52.5 Å². The summed E-state index contributed by atoms with van der Waals surface area (Å²) in [5, 5.41) is 7.48. The molecule has 2 heterocycles. The lowest BCUT2D eigenvalue weighted by Crippen LogP contribution is -2.44. The van der Waals surface area contributed by atoms with Gasteiger partial charge in [0.15, 0.2) is 0 Å². The van der Waals surface area contributed by atoms with Gasteiger partial charge in [-0.25, -0.2) is 4.39 Å². The maximum Gasteiger partial charge on any atom is 0.268 e. The second kappa shape index (κ2) is 11.5. The zero-order chi connectivity index (χ0) is 29.1. The third-order valence-electron chi connectivity index (χ3n) is 6.65. The summed E-state index contributed by atoms with van der Waals surface area (Å²) in [6.45, 7) is 3.43. The molecule has 0 bridgehead atoms. The molecule has 3 amide bonds. The van der Waals surface area contributed by atoms with E-state index in [1.54, 1.807) is 60.5 Å². The quantitative estimate of drug-likeness (QED) is 0.260. The van der Waals surface area contributed by atoms with Crippen molar-refractivity contribution in [3.05, 3.63) is 102 Å². The molecule has 0 spiro atoms. The summed E-state index contributed by atoms with van der Waals surface area (Å²) in [4.78, 5) is 45.4. The summed E-state index contributed by atoms with van der Waals surface area (Å²) >= 11 is 0. The maximum absolute atomic E-state index is 13.9. The van der Waals surface area contributed by atoms with Crippen molar-refractivity contribution in [2.75, 3.05) is 23.5 Å². The van der Waals surface area contributed by atoms with Crippen LogP contribution in [-0.2, 0) is 14.4 Å². The minimum atomic E-state index is -0.672. The number of hydrogen-bond donors (Lipinski definition) is 1. The maximum atomic E-state index is 13.9. The van der Waals surface area contributed by atoms with Crippen LogP contribution in [0.3, 0.4) is 0 Å². The number of anilines is 2. The van der Waals surface area contributed by atoms with Gasteiger partial charge in [-0.2, -0.15) is 5.10 Å². The number of methoxy groups -OCH3 is 1. The fourth-order valence-electron chi connectivity index (χ4n) is 4.65. The van der Waals surface area contributed by atoms with Crippen LogP contribution in [0.1, 0.15) is 19.5 Å². The SMILES string of the molecule is COc1ccc(N(C(=O)CN2C=CN(c3ccccc3)C(=O)/C(=C/c3n[nH]c4cc(F)ccc34)C2=O)C(C)C)cc1. The third kappa shape index (κ3) is 5.58. The first-order valence-electron chi connectivity index (χ1n) is 13.0. The molecule has 0 unspecified atom stereocenters. The zero-order valence-corrected chi connectivity index (χ0v) is 22.7. The van der Waals surface area contributed by atoms with E-state index < -0.39 is 17.6 Å². The molecular formula is C31H28FN5O4. The minimum absolute atomic E-state index is 0.204. The normalized spacial score (nSPS) is 14.7. The monoisotopic (exact) mass is 553 g/mol. The third-order valence-corrected chi connectivity index (χ3v) is 6.65. The highest BCUT2D eigenvalue weighted by Crippen LogP contribution is 2.26. The van der Waals surface area contributed by atoms with Crippen molar-refractivity contribution in [2.45, 2.75) is 19.9 Å². The van der Waals surface area contributed by atoms with Crippen LogP contribution in [0.15, 0.2) is 90.8 Å². The van der Waals surface area contributed by atoms with Crippen molar-refractivity contribution in [3.63, 3.8) is 0 Å². The van der Waals surface area contributed by atoms with Gasteiger partial charge in [-0.3, -0.25) is 24.4 Å². The van der Waals surface area contributed by atoms with E-state index in [-0.39, 0.29) is 24.1 Å². The summed E-state index contributed by atoms with van der Waals surface area (Å²) in [5.74, 6) is -1.41. The summed E-state index contributed by atoms with van der Waals surface area (Å²) in [6, 6.07) is 19.8. The fraction of sp³-hybridized carbons (Fsp3) is 0.161. The van der Waals surface area contributed by atoms with Crippen LogP contribution in [0.4, 0.5) is 15.8 Å². The standard InChI is InChI=1S/C31H28FN5O4/c1-20(2)37(23-10-12-24(41-3)13-11-23)29(38)19-35-15-16-36(22-7-5-4-6-8-22)31(40)26(30(35)39)18-28-25-14-9-21(32)17-27(25)33-34-28/h4-18,20H,19H2,1-3H3,(H,33,34)/b26-18+. The summed E-state index contributed by atoms with van der Waals surface area (Å²) in [6.07, 6.45) is 4.26. The van der Waals surface area contributed by atoms with Crippen molar-refractivity contribution < 1.29 is 23.5 Å². The number of nitrogens with zero attached hydrogens (tertiary/aromatic N) is 4. The van der Waals surface area contributed by atoms with E-state index in [0.717, 1.165) is 0 Å². The first-order valence-corrected chi connectivity index (χ1v) is 13.0. The molecule has 0 aliphatic carbocycles. The molecule has 10 heteroatoms. The number of H-pyrrole nitrogens is 1. The lowest BCUT2D eigenvalue weighted by Gasteiger charge is -2.29. The first kappa shape index (κ1) is 27.3. The van der Waals surface area contributed by atoms with Gasteiger partial charge in [-0.1, -0.05) is 18.2 Å². The number of carbonyl (C=O) groups is 3. The van der Waals surface area contributed by atoms with E-state index in [9.17, 15) is 18.8 Å². The summed E-state index contributed by atoms with van der Waals surface area (Å²) < 4.78 is 19.0. The van der Waals surface area contributed by atoms with E-state index in [1.807, 2.05) is 19.9 Å². The number of fused-ring (bicyclic) bond motifs is 1. The van der Waals surface area contributed by atoms with Crippen LogP contribution in [0, 0.1) is 5.82 Å². The Labute approximate surface area is 236 Å². The molecule has 1 aliphatic rings. The fourth-order valence-corrected chi connectivity index (χ4v) is 4.65. The van der Waals surface area contributed by atoms with Crippen molar-refractivity contribution in [2.24, 2.45) is 0 Å². The molecule has 1 aliphatic heterocycles. The molecule has 0 radical (unpaired) electrons. The molecular weight excluding hydrogens is 525 g/mol. The van der Waals surface area contributed by atoms with Gasteiger partial charge in [0.2, 0.25) is 5.91 Å². The number of ether oxygens (including phenoxy) is 1. The average molecular weight is 554 g/mol. The van der Waals surface area contributed by atoms with Crippen molar-refractivity contribution in [3.8, 4) is 5.75 Å². The van der Waals surface area contributed by atoms with Gasteiger partial charge in [0.25, 0.3) is 11.8 Å². The lowest BCUT2D eigenvalue weighted by molar-refractivity contribution is -0.131. The van der Waals surface area contributed by atoms with E-state index in [2.05, 4.69) is 10.2 Å². The molecule has 3 aromatic carbocycles. The van der Waals surface area contributed by atoms with Crippen LogP contribution in [0.2, 0.25) is 0 Å². The van der Waals surface area contributed by atoms with Gasteiger partial charge in [-0.15, -0.1) is 0 Å². The minimum Gasteiger partial charge on any atom is -0.497 e. The molecule has 208 valence electrons. The molecule has 4 aromatic rings. The molecule has 0 saturated heterocycles. The largest absolute Gasteiger partial charge is 0.497 e. The van der Waals surface area contributed by atoms with Gasteiger partial charge < -0.3 is 14.5 Å². The number of halogens is 1. The van der Waals surface area contributed by atoms with Gasteiger partial charge in [0, 0.05) is 35.2 Å². The van der Waals surface area contributed by atoms with Gasteiger partial charge in [0.1, 0.15) is 23.7 Å². The molecule has 0 atom stereocenters. The van der Waals surface area contributed by atoms with Crippen LogP contribution >= 0.6 is 0 Å². The second-order valence-corrected chi connectivity index (χ2v) is 9.65. The molecule has 5 rings (SSSR count). The molecule has 41 heavy (non-hydrogen) atoms. The van der Waals surface area contributed by atoms with E-state index >= 15 is 0 Å². The van der Waals surface area contributed by atoms with E-state index in [0.29, 0.717) is 33.7 Å². The van der Waals surface area contributed by atoms with Gasteiger partial charge in [0.05, 0.1) is 18.3 Å². The Hall–Kier alpha value is -5.25. The number of aromatic nitrogens is 2. The van der Waals surface area contributed by atoms with Gasteiger partial charge >= 0.3 is 0 Å². The molecule has 1 N–H and O–H groups in total. The van der Waals surface area contributed by atoms with E-state index in [4.69, 9.17) is 4.74 Å². The van der Waals surface area contributed by atoms with Gasteiger partial charge in [-0.05, 0) is 74.5 Å². The smallest absolute Gasteiger partial charge is 0.268 e. The zero-order valence-electron chi connectivity index (χ0n) is 22.7. The molecule has 0 saturated carbocycles. The second-order valence-electron chi connectivity index (χ2n) is 9.65. The first-order chi connectivity index (χ1) is 19.8. The van der Waals surface area contributed by atoms with Crippen LogP contribution < -0.4 is 14.5 Å². The molecule has 9 nitrogen and oxygen atoms in total. The van der Waals surface area contributed by atoms with Crippen molar-refractivity contribution >= 4 is 46.1 Å². The Morgan fingerprint density at radius 3 is 2.44 bits per heavy atom. The predicted octanol–water partition coefficient (Wildman–Crippen LogP) is 4.88. The Balaban J connectivity index is 1.53. The molecule has 0 fully saturated rings. The number of aromatic amines is 1. The highest BCUT2D eigenvalue weighted by atomic mass is 19.1. The Morgan fingerprint density at radius 1 is 1.02 bits per heavy atom. The Kier molecular flexibility index (Phi) is 7.64. The van der Waals surface area contributed by atoms with Crippen LogP contribution in [0.5, 0.6) is 5.75 Å². The highest BCUT2D eigenvalue weighted by Gasteiger charge is 2.33. The predicted molar refractivity (Wildman–Crippen MR) is 154 cm³/mol. The Morgan fingerprint density at radius 2 is 1.76 bits per heavy atom. The van der Waals surface area contributed by atoms with Crippen molar-refractivity contribution in [1.29, 1.82) is 0 Å². The molecule has 1 aromatic heterocycles. The Bertz CT molecular complexity index is 1660. The highest BCUT2D eigenvalue weighted by molar-refractivity contribution is 6.28. The number of carbonyl (C=O) groups excluding carboxylic acids is 3. The number of benzene rings is 3. The number of para-hydroxylation sites is 1. The van der Waals surface area contributed by atoms with E-state index in [1.165, 1.54) is 46.5 Å². The van der Waals surface area contributed by atoms with Crippen molar-refractivity contribution in [1.82, 2.24) is 15.1 Å². The number of rotatable bonds is 7. The topological polar surface area (TPSA) is 98.8 Å². The summed E-state index contributed by atoms with van der Waals surface area (Å²) in [7, 11) is 1.56. The lowest BCUT2D eigenvalue weighted by atomic mass is 10.1. The number of nitrogens with one attached hydrogen (secondary N) is 1. The van der Waals surface area contributed by atoms with Crippen LogP contribution in [0.25, 0.3) is 17.0 Å². The number of amides is 3. The number of hydrogen-bond acceptors (Lipinski definition) is 5.